The van der Waals surface area contributed by atoms with Crippen LogP contribution in [0.15, 0.2) is 152 Å². The van der Waals surface area contributed by atoms with Crippen molar-refractivity contribution in [1.82, 2.24) is 0 Å². The van der Waals surface area contributed by atoms with E-state index in [-0.39, 0.29) is 16.2 Å². The SMILES string of the molecule is CC(C)(c1ccccc1)c1ccc(N(c2ccc3c(c2)C(C)(C)c2ccccc2-3)c2c3c(cc4ccccc24)C(C)(C)c2ccccc2-3)cc1. The summed E-state index contributed by atoms with van der Waals surface area (Å²) in [5.74, 6) is 0. The van der Waals surface area contributed by atoms with Crippen molar-refractivity contribution in [2.75, 3.05) is 4.90 Å². The molecule has 1 nitrogen and oxygen atoms in total. The molecule has 7 aromatic rings. The number of fused-ring (bicyclic) bond motifs is 7. The van der Waals surface area contributed by atoms with Crippen LogP contribution in [-0.2, 0) is 16.2 Å². The van der Waals surface area contributed by atoms with Gasteiger partial charge in [0.1, 0.15) is 0 Å². The van der Waals surface area contributed by atoms with Crippen LogP contribution in [0.4, 0.5) is 17.1 Å². The molecule has 244 valence electrons. The fourth-order valence-corrected chi connectivity index (χ4v) is 9.00. The monoisotopic (exact) mass is 645 g/mol. The van der Waals surface area contributed by atoms with Crippen molar-refractivity contribution in [3.05, 3.63) is 185 Å². The standard InChI is InChI=1S/C49H43N/c1-47(2,33-17-8-7-9-18-33)34-24-26-35(27-25-34)50(36-28-29-39-38-20-12-14-22-41(38)48(3,4)43(39)31-36)46-37-19-11-10-16-32(37)30-44-45(46)40-21-13-15-23-42(40)49(44,5)6/h7-31H,1-6H3. The molecule has 0 aliphatic heterocycles. The van der Waals surface area contributed by atoms with E-state index in [0.717, 1.165) is 5.69 Å². The minimum atomic E-state index is -0.127. The molecule has 9 rings (SSSR count). The van der Waals surface area contributed by atoms with E-state index in [1.54, 1.807) is 0 Å². The molecule has 0 atom stereocenters. The third kappa shape index (κ3) is 4.32. The van der Waals surface area contributed by atoms with Gasteiger partial charge >= 0.3 is 0 Å². The summed E-state index contributed by atoms with van der Waals surface area (Å²) >= 11 is 0. The maximum Gasteiger partial charge on any atom is 0.0621 e. The molecule has 7 aromatic carbocycles. The Morgan fingerprint density at radius 3 is 1.72 bits per heavy atom. The molecule has 2 aliphatic carbocycles. The van der Waals surface area contributed by atoms with Gasteiger partial charge in [0.25, 0.3) is 0 Å². The molecular weight excluding hydrogens is 603 g/mol. The summed E-state index contributed by atoms with van der Waals surface area (Å²) < 4.78 is 0. The molecule has 0 aromatic heterocycles. The molecule has 0 fully saturated rings. The molecule has 0 spiro atoms. The van der Waals surface area contributed by atoms with Crippen molar-refractivity contribution in [3.63, 3.8) is 0 Å². The van der Waals surface area contributed by atoms with E-state index in [4.69, 9.17) is 0 Å². The Morgan fingerprint density at radius 2 is 0.980 bits per heavy atom. The van der Waals surface area contributed by atoms with Gasteiger partial charge in [0.2, 0.25) is 0 Å². The van der Waals surface area contributed by atoms with Gasteiger partial charge < -0.3 is 4.90 Å². The van der Waals surface area contributed by atoms with Gasteiger partial charge in [0.05, 0.1) is 5.69 Å². The highest BCUT2D eigenvalue weighted by Gasteiger charge is 2.40. The number of rotatable bonds is 5. The number of benzene rings is 7. The van der Waals surface area contributed by atoms with Crippen molar-refractivity contribution in [3.8, 4) is 22.3 Å². The first kappa shape index (κ1) is 30.6. The van der Waals surface area contributed by atoms with E-state index < -0.39 is 0 Å². The van der Waals surface area contributed by atoms with Crippen LogP contribution < -0.4 is 4.90 Å². The first-order chi connectivity index (χ1) is 24.1. The van der Waals surface area contributed by atoms with Gasteiger partial charge in [-0.2, -0.15) is 0 Å². The van der Waals surface area contributed by atoms with Crippen LogP contribution in [0.3, 0.4) is 0 Å². The summed E-state index contributed by atoms with van der Waals surface area (Å²) in [6.07, 6.45) is 0. The quantitative estimate of drug-likeness (QED) is 0.180. The van der Waals surface area contributed by atoms with Crippen LogP contribution >= 0.6 is 0 Å². The van der Waals surface area contributed by atoms with Crippen molar-refractivity contribution < 1.29 is 0 Å². The number of hydrogen-bond donors (Lipinski definition) is 0. The first-order valence-corrected chi connectivity index (χ1v) is 18.0. The highest BCUT2D eigenvalue weighted by molar-refractivity contribution is 6.10. The second-order valence-electron chi connectivity index (χ2n) is 15.8. The lowest BCUT2D eigenvalue weighted by molar-refractivity contribution is 0.641. The molecule has 0 radical (unpaired) electrons. The van der Waals surface area contributed by atoms with Gasteiger partial charge in [-0.3, -0.25) is 0 Å². The molecule has 0 bridgehead atoms. The summed E-state index contributed by atoms with van der Waals surface area (Å²) in [4.78, 5) is 2.55. The average molecular weight is 646 g/mol. The van der Waals surface area contributed by atoms with Crippen LogP contribution in [0.25, 0.3) is 33.0 Å². The van der Waals surface area contributed by atoms with E-state index in [1.807, 2.05) is 0 Å². The first-order valence-electron chi connectivity index (χ1n) is 18.0. The van der Waals surface area contributed by atoms with E-state index in [1.165, 1.54) is 77.8 Å². The number of hydrogen-bond acceptors (Lipinski definition) is 1. The van der Waals surface area contributed by atoms with Crippen LogP contribution in [0, 0.1) is 0 Å². The van der Waals surface area contributed by atoms with Crippen LogP contribution in [0.2, 0.25) is 0 Å². The smallest absolute Gasteiger partial charge is 0.0621 e. The minimum absolute atomic E-state index is 0.105. The third-order valence-electron chi connectivity index (χ3n) is 12.0. The summed E-state index contributed by atoms with van der Waals surface area (Å²) in [6, 6.07) is 56.8. The van der Waals surface area contributed by atoms with Crippen molar-refractivity contribution >= 4 is 27.8 Å². The minimum Gasteiger partial charge on any atom is -0.309 e. The number of anilines is 3. The van der Waals surface area contributed by atoms with Crippen LogP contribution in [0.5, 0.6) is 0 Å². The summed E-state index contributed by atoms with van der Waals surface area (Å²) in [6.45, 7) is 14.2. The second kappa shape index (κ2) is 10.8. The topological polar surface area (TPSA) is 3.24 Å². The van der Waals surface area contributed by atoms with Crippen molar-refractivity contribution in [1.29, 1.82) is 0 Å². The van der Waals surface area contributed by atoms with Crippen LogP contribution in [0.1, 0.15) is 74.9 Å². The zero-order valence-electron chi connectivity index (χ0n) is 29.9. The zero-order chi connectivity index (χ0) is 34.4. The third-order valence-corrected chi connectivity index (χ3v) is 12.0. The highest BCUT2D eigenvalue weighted by Crippen LogP contribution is 2.57. The molecule has 0 saturated carbocycles. The maximum absolute atomic E-state index is 2.55. The van der Waals surface area contributed by atoms with E-state index in [2.05, 4.69) is 198 Å². The lowest BCUT2D eigenvalue weighted by atomic mass is 9.78. The zero-order valence-corrected chi connectivity index (χ0v) is 29.9. The molecule has 1 heteroatoms. The Labute approximate surface area is 296 Å². The predicted octanol–water partition coefficient (Wildman–Crippen LogP) is 13.2. The molecular formula is C49H43N. The second-order valence-corrected chi connectivity index (χ2v) is 15.8. The molecule has 0 unspecified atom stereocenters. The van der Waals surface area contributed by atoms with Gasteiger partial charge in [-0.25, -0.2) is 0 Å². The lowest BCUT2D eigenvalue weighted by Gasteiger charge is -2.32. The highest BCUT2D eigenvalue weighted by atomic mass is 15.1. The van der Waals surface area contributed by atoms with Gasteiger partial charge in [0, 0.05) is 38.6 Å². The van der Waals surface area contributed by atoms with E-state index in [0.29, 0.717) is 0 Å². The molecule has 0 amide bonds. The predicted molar refractivity (Wildman–Crippen MR) is 212 cm³/mol. The Balaban J connectivity index is 1.32. The summed E-state index contributed by atoms with van der Waals surface area (Å²) in [5.41, 5.74) is 16.7. The fraction of sp³-hybridized carbons (Fsp3) is 0.184. The Hall–Kier alpha value is -5.40. The molecule has 0 heterocycles. The molecule has 0 N–H and O–H groups in total. The van der Waals surface area contributed by atoms with E-state index in [9.17, 15) is 0 Å². The van der Waals surface area contributed by atoms with Gasteiger partial charge in [-0.1, -0.05) is 163 Å². The Kier molecular flexibility index (Phi) is 6.62. The largest absolute Gasteiger partial charge is 0.309 e. The van der Waals surface area contributed by atoms with E-state index >= 15 is 0 Å². The van der Waals surface area contributed by atoms with Gasteiger partial charge in [-0.15, -0.1) is 0 Å². The molecule has 2 aliphatic rings. The Bertz CT molecular complexity index is 2440. The van der Waals surface area contributed by atoms with Gasteiger partial charge in [-0.05, 0) is 85.8 Å². The lowest BCUT2D eigenvalue weighted by Crippen LogP contribution is -2.20. The fourth-order valence-electron chi connectivity index (χ4n) is 9.00. The van der Waals surface area contributed by atoms with Crippen LogP contribution in [-0.4, -0.2) is 0 Å². The van der Waals surface area contributed by atoms with Crippen molar-refractivity contribution in [2.45, 2.75) is 57.8 Å². The molecule has 0 saturated heterocycles. The average Bonchev–Trinajstić information content (AvgIpc) is 3.51. The summed E-state index contributed by atoms with van der Waals surface area (Å²) in [7, 11) is 0. The van der Waals surface area contributed by atoms with Gasteiger partial charge in [0.15, 0.2) is 0 Å². The molecule has 50 heavy (non-hydrogen) atoms. The summed E-state index contributed by atoms with van der Waals surface area (Å²) in [5, 5.41) is 2.53. The Morgan fingerprint density at radius 1 is 0.440 bits per heavy atom. The number of nitrogens with zero attached hydrogens (tertiary/aromatic N) is 1. The maximum atomic E-state index is 2.55. The normalized spacial score (nSPS) is 14.9. The van der Waals surface area contributed by atoms with Crippen molar-refractivity contribution in [2.24, 2.45) is 0 Å².